The summed E-state index contributed by atoms with van der Waals surface area (Å²) in [6.45, 7) is 4.07. The van der Waals surface area contributed by atoms with Gasteiger partial charge in [0.25, 0.3) is 5.91 Å². The van der Waals surface area contributed by atoms with Gasteiger partial charge in [0.2, 0.25) is 0 Å². The average molecular weight is 304 g/mol. The lowest BCUT2D eigenvalue weighted by atomic mass is 9.87. The molecule has 0 saturated heterocycles. The molecule has 2 heterocycles. The fraction of sp³-hybridized carbons (Fsp3) is 0.105. The summed E-state index contributed by atoms with van der Waals surface area (Å²) in [7, 11) is 0. The zero-order valence-electron chi connectivity index (χ0n) is 12.5. The van der Waals surface area contributed by atoms with E-state index in [0.29, 0.717) is 17.7 Å². The second-order valence-electron chi connectivity index (χ2n) is 5.68. The molecule has 0 spiro atoms. The van der Waals surface area contributed by atoms with Crippen LogP contribution in [-0.2, 0) is 10.4 Å². The molecular formula is C19H16N2O2. The van der Waals surface area contributed by atoms with Crippen LogP contribution in [0.25, 0.3) is 10.9 Å². The number of nitrogens with one attached hydrogen (secondary N) is 1. The summed E-state index contributed by atoms with van der Waals surface area (Å²) in [6, 6.07) is 15.0. The summed E-state index contributed by atoms with van der Waals surface area (Å²) >= 11 is 0. The highest BCUT2D eigenvalue weighted by molar-refractivity contribution is 6.11. The van der Waals surface area contributed by atoms with E-state index in [1.165, 1.54) is 0 Å². The van der Waals surface area contributed by atoms with E-state index in [1.54, 1.807) is 23.2 Å². The van der Waals surface area contributed by atoms with Crippen molar-refractivity contribution in [2.75, 3.05) is 11.4 Å². The third-order valence-corrected chi connectivity index (χ3v) is 4.43. The van der Waals surface area contributed by atoms with Crippen LogP contribution in [0.15, 0.2) is 67.4 Å². The minimum Gasteiger partial charge on any atom is -0.372 e. The summed E-state index contributed by atoms with van der Waals surface area (Å²) in [4.78, 5) is 17.7. The summed E-state index contributed by atoms with van der Waals surface area (Å²) < 4.78 is 0. The Morgan fingerprint density at radius 2 is 1.87 bits per heavy atom. The highest BCUT2D eigenvalue weighted by atomic mass is 16.3. The van der Waals surface area contributed by atoms with Crippen LogP contribution in [0.3, 0.4) is 0 Å². The molecule has 2 N–H and O–H groups in total. The number of aromatic nitrogens is 1. The van der Waals surface area contributed by atoms with Crippen molar-refractivity contribution < 1.29 is 9.90 Å². The first-order valence-corrected chi connectivity index (χ1v) is 7.49. The Kier molecular flexibility index (Phi) is 2.89. The van der Waals surface area contributed by atoms with Crippen molar-refractivity contribution >= 4 is 22.5 Å². The summed E-state index contributed by atoms with van der Waals surface area (Å²) in [5, 5.41) is 12.3. The predicted molar refractivity (Wildman–Crippen MR) is 90.3 cm³/mol. The van der Waals surface area contributed by atoms with Crippen molar-refractivity contribution in [3.63, 3.8) is 0 Å². The van der Waals surface area contributed by atoms with E-state index in [-0.39, 0.29) is 5.91 Å². The first kappa shape index (κ1) is 13.8. The third kappa shape index (κ3) is 1.72. The maximum absolute atomic E-state index is 13.0. The van der Waals surface area contributed by atoms with Gasteiger partial charge >= 0.3 is 0 Å². The maximum Gasteiger partial charge on any atom is 0.268 e. The van der Waals surface area contributed by atoms with E-state index < -0.39 is 5.60 Å². The van der Waals surface area contributed by atoms with Gasteiger partial charge in [-0.25, -0.2) is 0 Å². The number of fused-ring (bicyclic) bond motifs is 2. The molecular weight excluding hydrogens is 288 g/mol. The number of amides is 1. The van der Waals surface area contributed by atoms with Gasteiger partial charge in [0, 0.05) is 34.8 Å². The minimum absolute atomic E-state index is 0.344. The van der Waals surface area contributed by atoms with Crippen LogP contribution in [0.1, 0.15) is 11.1 Å². The molecule has 1 atom stereocenters. The largest absolute Gasteiger partial charge is 0.372 e. The van der Waals surface area contributed by atoms with E-state index in [4.69, 9.17) is 0 Å². The minimum atomic E-state index is -1.68. The second kappa shape index (κ2) is 4.83. The number of nitrogens with zero attached hydrogens (tertiary/aromatic N) is 1. The van der Waals surface area contributed by atoms with E-state index in [2.05, 4.69) is 11.6 Å². The molecule has 23 heavy (non-hydrogen) atoms. The summed E-state index contributed by atoms with van der Waals surface area (Å²) in [5.41, 5.74) is 1.13. The first-order valence-electron chi connectivity index (χ1n) is 7.49. The molecule has 114 valence electrons. The number of carbonyl (C=O) groups excluding carboxylic acids is 1. The normalized spacial score (nSPS) is 20.0. The number of anilines is 1. The van der Waals surface area contributed by atoms with Gasteiger partial charge < -0.3 is 15.0 Å². The highest BCUT2D eigenvalue weighted by Crippen LogP contribution is 2.46. The van der Waals surface area contributed by atoms with Crippen LogP contribution in [-0.4, -0.2) is 22.5 Å². The van der Waals surface area contributed by atoms with Crippen molar-refractivity contribution in [3.05, 3.63) is 78.5 Å². The van der Waals surface area contributed by atoms with Crippen molar-refractivity contribution in [2.24, 2.45) is 0 Å². The molecule has 0 fully saturated rings. The van der Waals surface area contributed by atoms with Crippen molar-refractivity contribution in [1.82, 2.24) is 4.98 Å². The van der Waals surface area contributed by atoms with Gasteiger partial charge in [-0.15, -0.1) is 6.58 Å². The number of H-pyrrole nitrogens is 1. The van der Waals surface area contributed by atoms with Crippen LogP contribution in [0.5, 0.6) is 0 Å². The highest BCUT2D eigenvalue weighted by Gasteiger charge is 2.51. The molecule has 3 aromatic rings. The van der Waals surface area contributed by atoms with Gasteiger partial charge in [0.05, 0.1) is 5.69 Å². The number of para-hydroxylation sites is 2. The maximum atomic E-state index is 13.0. The molecule has 0 saturated carbocycles. The number of aromatic amines is 1. The Morgan fingerprint density at radius 3 is 2.70 bits per heavy atom. The monoisotopic (exact) mass is 304 g/mol. The van der Waals surface area contributed by atoms with Gasteiger partial charge in [0.15, 0.2) is 5.60 Å². The number of hydrogen-bond acceptors (Lipinski definition) is 2. The lowest BCUT2D eigenvalue weighted by Crippen LogP contribution is -2.41. The standard InChI is InChI=1S/C19H16N2O2/c1-2-11-21-17-10-6-4-8-14(17)19(23,18(21)22)15-12-20-16-9-5-3-7-13(15)16/h2-10,12,20,23H,1,11H2/t19-/m0/s1. The fourth-order valence-electron chi connectivity index (χ4n) is 3.38. The van der Waals surface area contributed by atoms with Gasteiger partial charge in [-0.05, 0) is 12.1 Å². The fourth-order valence-corrected chi connectivity index (χ4v) is 3.38. The van der Waals surface area contributed by atoms with E-state index >= 15 is 0 Å². The predicted octanol–water partition coefficient (Wildman–Crippen LogP) is 2.94. The zero-order valence-corrected chi connectivity index (χ0v) is 12.5. The third-order valence-electron chi connectivity index (χ3n) is 4.43. The lowest BCUT2D eigenvalue weighted by Gasteiger charge is -2.22. The van der Waals surface area contributed by atoms with Crippen LogP contribution in [0, 0.1) is 0 Å². The second-order valence-corrected chi connectivity index (χ2v) is 5.68. The van der Waals surface area contributed by atoms with Crippen LogP contribution in [0.4, 0.5) is 5.69 Å². The molecule has 1 aliphatic rings. The van der Waals surface area contributed by atoms with Crippen LogP contribution < -0.4 is 4.90 Å². The van der Waals surface area contributed by atoms with Crippen LogP contribution >= 0.6 is 0 Å². The Labute approximate surface area is 133 Å². The Bertz CT molecular complexity index is 928. The molecule has 0 radical (unpaired) electrons. The molecule has 1 aromatic heterocycles. The van der Waals surface area contributed by atoms with E-state index in [0.717, 1.165) is 16.6 Å². The number of hydrogen-bond donors (Lipinski definition) is 2. The van der Waals surface area contributed by atoms with Crippen molar-refractivity contribution in [3.8, 4) is 0 Å². The van der Waals surface area contributed by atoms with Gasteiger partial charge in [-0.2, -0.15) is 0 Å². The SMILES string of the molecule is C=CCN1C(=O)[C@@](O)(c2c[nH]c3ccccc23)c2ccccc21. The Balaban J connectivity index is 2.00. The lowest BCUT2D eigenvalue weighted by molar-refractivity contribution is -0.131. The zero-order chi connectivity index (χ0) is 16.0. The van der Waals surface area contributed by atoms with Crippen molar-refractivity contribution in [2.45, 2.75) is 5.60 Å². The quantitative estimate of drug-likeness (QED) is 0.731. The number of carbonyl (C=O) groups is 1. The molecule has 4 heteroatoms. The molecule has 2 aromatic carbocycles. The smallest absolute Gasteiger partial charge is 0.268 e. The molecule has 4 nitrogen and oxygen atoms in total. The molecule has 0 unspecified atom stereocenters. The summed E-state index contributed by atoms with van der Waals surface area (Å²) in [6.07, 6.45) is 3.38. The Morgan fingerprint density at radius 1 is 1.13 bits per heavy atom. The topological polar surface area (TPSA) is 56.3 Å². The molecule has 1 aliphatic heterocycles. The average Bonchev–Trinajstić information content (AvgIpc) is 3.10. The number of aliphatic hydroxyl groups is 1. The van der Waals surface area contributed by atoms with E-state index in [9.17, 15) is 9.90 Å². The van der Waals surface area contributed by atoms with Gasteiger partial charge in [-0.1, -0.05) is 42.5 Å². The first-order chi connectivity index (χ1) is 11.2. The molecule has 1 amide bonds. The van der Waals surface area contributed by atoms with E-state index in [1.807, 2.05) is 42.5 Å². The van der Waals surface area contributed by atoms with Crippen molar-refractivity contribution in [1.29, 1.82) is 0 Å². The molecule has 4 rings (SSSR count). The number of benzene rings is 2. The van der Waals surface area contributed by atoms with Gasteiger partial charge in [0.1, 0.15) is 0 Å². The van der Waals surface area contributed by atoms with Gasteiger partial charge in [-0.3, -0.25) is 4.79 Å². The Hall–Kier alpha value is -2.85. The summed E-state index contributed by atoms with van der Waals surface area (Å²) in [5.74, 6) is -0.344. The molecule has 0 aliphatic carbocycles. The van der Waals surface area contributed by atoms with Crippen LogP contribution in [0.2, 0.25) is 0 Å². The molecule has 0 bridgehead atoms. The number of rotatable bonds is 3.